The van der Waals surface area contributed by atoms with E-state index >= 15 is 0 Å². The van der Waals surface area contributed by atoms with Gasteiger partial charge in [-0.25, -0.2) is 4.79 Å². The summed E-state index contributed by atoms with van der Waals surface area (Å²) in [6, 6.07) is 16.3. The maximum Gasteiger partial charge on any atom is 0.331 e. The molecular formula is C22H25NO4. The third-order valence-electron chi connectivity index (χ3n) is 4.16. The lowest BCUT2D eigenvalue weighted by atomic mass is 10.1. The molecule has 0 spiro atoms. The number of methoxy groups -OCH3 is 1. The number of rotatable bonds is 8. The van der Waals surface area contributed by atoms with Gasteiger partial charge < -0.3 is 14.4 Å². The summed E-state index contributed by atoms with van der Waals surface area (Å²) in [5.41, 5.74) is 1.49. The zero-order valence-corrected chi connectivity index (χ0v) is 15.9. The Morgan fingerprint density at radius 3 is 2.19 bits per heavy atom. The minimum absolute atomic E-state index is 0.225. The van der Waals surface area contributed by atoms with Gasteiger partial charge in [0.1, 0.15) is 5.75 Å². The molecule has 5 nitrogen and oxygen atoms in total. The average Bonchev–Trinajstić information content (AvgIpc) is 2.72. The Kier molecular flexibility index (Phi) is 7.62. The van der Waals surface area contributed by atoms with Crippen molar-refractivity contribution in [2.45, 2.75) is 20.0 Å². The van der Waals surface area contributed by atoms with E-state index in [1.165, 1.54) is 6.08 Å². The molecule has 1 amide bonds. The first-order chi connectivity index (χ1) is 13.1. The van der Waals surface area contributed by atoms with Crippen molar-refractivity contribution in [2.24, 2.45) is 0 Å². The van der Waals surface area contributed by atoms with Gasteiger partial charge >= 0.3 is 5.97 Å². The van der Waals surface area contributed by atoms with Gasteiger partial charge in [-0.3, -0.25) is 4.79 Å². The lowest BCUT2D eigenvalue weighted by Gasteiger charge is -2.25. The number of nitrogens with zero attached hydrogens (tertiary/aromatic N) is 1. The smallest absolute Gasteiger partial charge is 0.331 e. The van der Waals surface area contributed by atoms with Crippen LogP contribution in [0.1, 0.15) is 31.1 Å². The predicted octanol–water partition coefficient (Wildman–Crippen LogP) is 3.86. The molecule has 142 valence electrons. The molecule has 0 heterocycles. The van der Waals surface area contributed by atoms with Crippen molar-refractivity contribution in [1.82, 2.24) is 4.90 Å². The van der Waals surface area contributed by atoms with Crippen LogP contribution < -0.4 is 4.74 Å². The molecule has 0 fully saturated rings. The molecule has 1 atom stereocenters. The zero-order chi connectivity index (χ0) is 19.6. The van der Waals surface area contributed by atoms with Crippen LogP contribution in [0.15, 0.2) is 60.7 Å². The van der Waals surface area contributed by atoms with Crippen LogP contribution in [-0.2, 0) is 14.3 Å². The van der Waals surface area contributed by atoms with Crippen LogP contribution in [0.3, 0.4) is 0 Å². The van der Waals surface area contributed by atoms with E-state index in [9.17, 15) is 9.59 Å². The second-order valence-corrected chi connectivity index (χ2v) is 5.84. The number of carbonyl (C=O) groups is 2. The lowest BCUT2D eigenvalue weighted by Crippen LogP contribution is -2.36. The van der Waals surface area contributed by atoms with Gasteiger partial charge in [0, 0.05) is 24.7 Å². The highest BCUT2D eigenvalue weighted by Crippen LogP contribution is 2.21. The third-order valence-corrected chi connectivity index (χ3v) is 4.16. The first-order valence-electron chi connectivity index (χ1n) is 8.95. The zero-order valence-electron chi connectivity index (χ0n) is 15.9. The van der Waals surface area contributed by atoms with E-state index in [-0.39, 0.29) is 5.91 Å². The molecule has 2 aromatic carbocycles. The van der Waals surface area contributed by atoms with Crippen LogP contribution in [0.2, 0.25) is 0 Å². The Morgan fingerprint density at radius 2 is 1.63 bits per heavy atom. The molecule has 0 aliphatic carbocycles. The van der Waals surface area contributed by atoms with Gasteiger partial charge in [-0.15, -0.1) is 0 Å². The monoisotopic (exact) mass is 367 g/mol. The quantitative estimate of drug-likeness (QED) is 0.525. The molecule has 0 bridgehead atoms. The Balaban J connectivity index is 2.14. The van der Waals surface area contributed by atoms with E-state index in [0.29, 0.717) is 18.7 Å². The van der Waals surface area contributed by atoms with Gasteiger partial charge in [0.15, 0.2) is 0 Å². The van der Waals surface area contributed by atoms with Crippen molar-refractivity contribution in [3.8, 4) is 5.75 Å². The van der Waals surface area contributed by atoms with Crippen molar-refractivity contribution in [1.29, 1.82) is 0 Å². The first kappa shape index (κ1) is 20.2. The predicted molar refractivity (Wildman–Crippen MR) is 105 cm³/mol. The summed E-state index contributed by atoms with van der Waals surface area (Å²) in [5.74, 6) is -0.0544. The molecule has 0 N–H and O–H groups in total. The SMILES string of the molecule is CCN(CC)C(=O)[C@@H](OC(=O)/C=C/c1ccc(OC)cc1)c1ccccc1. The van der Waals surface area contributed by atoms with Gasteiger partial charge in [-0.1, -0.05) is 42.5 Å². The Morgan fingerprint density at radius 1 is 1.00 bits per heavy atom. The average molecular weight is 367 g/mol. The Labute approximate surface area is 160 Å². The highest BCUT2D eigenvalue weighted by Gasteiger charge is 2.27. The highest BCUT2D eigenvalue weighted by molar-refractivity contribution is 5.91. The number of amides is 1. The van der Waals surface area contributed by atoms with Crippen molar-refractivity contribution in [3.05, 3.63) is 71.8 Å². The van der Waals surface area contributed by atoms with Crippen molar-refractivity contribution in [3.63, 3.8) is 0 Å². The molecule has 2 rings (SSSR count). The van der Waals surface area contributed by atoms with E-state index in [1.807, 2.05) is 56.3 Å². The van der Waals surface area contributed by atoms with Crippen LogP contribution in [0.4, 0.5) is 0 Å². The lowest BCUT2D eigenvalue weighted by molar-refractivity contribution is -0.157. The summed E-state index contributed by atoms with van der Waals surface area (Å²) in [6.45, 7) is 4.90. The molecule has 0 saturated carbocycles. The van der Waals surface area contributed by atoms with Crippen LogP contribution in [0, 0.1) is 0 Å². The van der Waals surface area contributed by atoms with Gasteiger partial charge in [0.25, 0.3) is 5.91 Å². The fourth-order valence-electron chi connectivity index (χ4n) is 2.62. The molecule has 0 aromatic heterocycles. The van der Waals surface area contributed by atoms with Gasteiger partial charge in [-0.05, 0) is 37.6 Å². The van der Waals surface area contributed by atoms with Gasteiger partial charge in [0.05, 0.1) is 7.11 Å². The number of esters is 1. The van der Waals surface area contributed by atoms with Crippen molar-refractivity contribution >= 4 is 18.0 Å². The van der Waals surface area contributed by atoms with Crippen LogP contribution in [-0.4, -0.2) is 37.0 Å². The number of carbonyl (C=O) groups excluding carboxylic acids is 2. The molecule has 0 aliphatic heterocycles. The molecule has 0 radical (unpaired) electrons. The first-order valence-corrected chi connectivity index (χ1v) is 8.95. The van der Waals surface area contributed by atoms with Crippen molar-refractivity contribution < 1.29 is 19.1 Å². The summed E-state index contributed by atoms with van der Waals surface area (Å²) in [7, 11) is 1.60. The number of ether oxygens (including phenoxy) is 2. The normalized spacial score (nSPS) is 11.8. The van der Waals surface area contributed by atoms with E-state index < -0.39 is 12.1 Å². The van der Waals surface area contributed by atoms with E-state index in [1.54, 1.807) is 30.2 Å². The van der Waals surface area contributed by atoms with Crippen LogP contribution in [0.25, 0.3) is 6.08 Å². The summed E-state index contributed by atoms with van der Waals surface area (Å²) >= 11 is 0. The van der Waals surface area contributed by atoms with E-state index in [2.05, 4.69) is 0 Å². The second kappa shape index (κ2) is 10.2. The topological polar surface area (TPSA) is 55.8 Å². The van der Waals surface area contributed by atoms with Crippen molar-refractivity contribution in [2.75, 3.05) is 20.2 Å². The third kappa shape index (κ3) is 5.71. The summed E-state index contributed by atoms with van der Waals surface area (Å²) in [6.07, 6.45) is 2.01. The maximum atomic E-state index is 12.8. The Bertz CT molecular complexity index is 765. The molecule has 2 aromatic rings. The van der Waals surface area contributed by atoms with Gasteiger partial charge in [0.2, 0.25) is 6.10 Å². The van der Waals surface area contributed by atoms with E-state index in [0.717, 1.165) is 11.3 Å². The van der Waals surface area contributed by atoms with Crippen LogP contribution >= 0.6 is 0 Å². The standard InChI is InChI=1S/C22H25NO4/c1-4-23(5-2)22(25)21(18-9-7-6-8-10-18)27-20(24)16-13-17-11-14-19(26-3)15-12-17/h6-16,21H,4-5H2,1-3H3/b16-13+/t21-/m0/s1. The fraction of sp³-hybridized carbons (Fsp3) is 0.273. The molecule has 0 unspecified atom stereocenters. The summed E-state index contributed by atoms with van der Waals surface area (Å²) < 4.78 is 10.6. The molecule has 5 heteroatoms. The molecule has 27 heavy (non-hydrogen) atoms. The number of benzene rings is 2. The number of hydrogen-bond acceptors (Lipinski definition) is 4. The summed E-state index contributed by atoms with van der Waals surface area (Å²) in [4.78, 5) is 26.8. The summed E-state index contributed by atoms with van der Waals surface area (Å²) in [5, 5.41) is 0. The molecule has 0 aliphatic rings. The minimum atomic E-state index is -0.959. The van der Waals surface area contributed by atoms with Gasteiger partial charge in [-0.2, -0.15) is 0 Å². The maximum absolute atomic E-state index is 12.8. The largest absolute Gasteiger partial charge is 0.497 e. The highest BCUT2D eigenvalue weighted by atomic mass is 16.5. The molecule has 0 saturated heterocycles. The minimum Gasteiger partial charge on any atom is -0.497 e. The molecular weight excluding hydrogens is 342 g/mol. The van der Waals surface area contributed by atoms with Crippen LogP contribution in [0.5, 0.6) is 5.75 Å². The number of likely N-dealkylation sites (N-methyl/N-ethyl adjacent to an activating group) is 1. The fourth-order valence-corrected chi connectivity index (χ4v) is 2.62. The number of hydrogen-bond donors (Lipinski definition) is 0. The second-order valence-electron chi connectivity index (χ2n) is 5.84. The van der Waals surface area contributed by atoms with E-state index in [4.69, 9.17) is 9.47 Å². The Hall–Kier alpha value is -3.08.